The maximum atomic E-state index is 13.8. The number of halogens is 1. The van der Waals surface area contributed by atoms with Crippen molar-refractivity contribution in [3.05, 3.63) is 29.6 Å². The van der Waals surface area contributed by atoms with E-state index in [9.17, 15) is 14.0 Å². The molecular weight excluding hydrogens is 367 g/mol. The van der Waals surface area contributed by atoms with Crippen LogP contribution in [0, 0.1) is 11.7 Å². The Bertz CT molecular complexity index is 671. The van der Waals surface area contributed by atoms with Gasteiger partial charge in [-0.25, -0.2) is 9.18 Å². The number of amides is 3. The Kier molecular flexibility index (Phi) is 8.62. The molecule has 0 radical (unpaired) electrons. The summed E-state index contributed by atoms with van der Waals surface area (Å²) in [7, 11) is 0. The molecule has 0 aliphatic carbocycles. The molecule has 28 heavy (non-hydrogen) atoms. The van der Waals surface area contributed by atoms with E-state index >= 15 is 0 Å². The standard InChI is InChI=1S/C19H29FN4O4/c1-13(2)11-28-17-9-15(5-6-16(17)20)14(3)23-21-7-4-8-27-12-24-10-18(25)22-19(24)26/h5-6,9,13-14,21,23H,4,7-8,10-12H2,1-3H3,(H,22,25,26). The largest absolute Gasteiger partial charge is 0.490 e. The van der Waals surface area contributed by atoms with Crippen LogP contribution in [0.4, 0.5) is 9.18 Å². The van der Waals surface area contributed by atoms with Crippen molar-refractivity contribution in [2.24, 2.45) is 5.92 Å². The lowest BCUT2D eigenvalue weighted by molar-refractivity contribution is -0.118. The molecule has 0 spiro atoms. The summed E-state index contributed by atoms with van der Waals surface area (Å²) in [6.45, 7) is 7.68. The van der Waals surface area contributed by atoms with Crippen LogP contribution in [0.25, 0.3) is 0 Å². The van der Waals surface area contributed by atoms with Crippen LogP contribution in [-0.4, -0.2) is 49.9 Å². The summed E-state index contributed by atoms with van der Waals surface area (Å²) in [5.74, 6) is -0.0948. The van der Waals surface area contributed by atoms with Crippen molar-refractivity contribution in [3.63, 3.8) is 0 Å². The summed E-state index contributed by atoms with van der Waals surface area (Å²) in [6, 6.07) is 4.39. The van der Waals surface area contributed by atoms with Gasteiger partial charge in [-0.05, 0) is 37.0 Å². The topological polar surface area (TPSA) is 91.9 Å². The van der Waals surface area contributed by atoms with Crippen LogP contribution in [0.1, 0.15) is 38.8 Å². The highest BCUT2D eigenvalue weighted by Gasteiger charge is 2.26. The number of ether oxygens (including phenoxy) is 2. The first kappa shape index (κ1) is 22.1. The molecular formula is C19H29FN4O4. The van der Waals surface area contributed by atoms with Gasteiger partial charge in [-0.2, -0.15) is 0 Å². The highest BCUT2D eigenvalue weighted by atomic mass is 19.1. The zero-order chi connectivity index (χ0) is 20.5. The minimum Gasteiger partial charge on any atom is -0.490 e. The van der Waals surface area contributed by atoms with Crippen LogP contribution < -0.4 is 20.9 Å². The number of hydrogen-bond acceptors (Lipinski definition) is 6. The lowest BCUT2D eigenvalue weighted by Crippen LogP contribution is -2.35. The quantitative estimate of drug-likeness (QED) is 0.284. The van der Waals surface area contributed by atoms with Crippen LogP contribution in [0.2, 0.25) is 0 Å². The van der Waals surface area contributed by atoms with Gasteiger partial charge in [0.15, 0.2) is 11.6 Å². The van der Waals surface area contributed by atoms with Gasteiger partial charge in [-0.15, -0.1) is 0 Å². The number of hydrazine groups is 1. The fourth-order valence-electron chi connectivity index (χ4n) is 2.49. The van der Waals surface area contributed by atoms with E-state index in [2.05, 4.69) is 16.2 Å². The maximum absolute atomic E-state index is 13.8. The summed E-state index contributed by atoms with van der Waals surface area (Å²) in [4.78, 5) is 23.7. The van der Waals surface area contributed by atoms with Crippen molar-refractivity contribution < 1.29 is 23.5 Å². The average molecular weight is 396 g/mol. The maximum Gasteiger partial charge on any atom is 0.326 e. The van der Waals surface area contributed by atoms with Crippen LogP contribution >= 0.6 is 0 Å². The van der Waals surface area contributed by atoms with Crippen LogP contribution in [0.15, 0.2) is 18.2 Å². The zero-order valence-corrected chi connectivity index (χ0v) is 16.6. The number of imide groups is 1. The molecule has 0 saturated carbocycles. The second kappa shape index (κ2) is 10.9. The number of benzene rings is 1. The van der Waals surface area contributed by atoms with Crippen LogP contribution in [0.5, 0.6) is 5.75 Å². The van der Waals surface area contributed by atoms with E-state index in [1.54, 1.807) is 12.1 Å². The van der Waals surface area contributed by atoms with Crippen LogP contribution in [0.3, 0.4) is 0 Å². The van der Waals surface area contributed by atoms with Gasteiger partial charge in [0.25, 0.3) is 0 Å². The Hall–Kier alpha value is -2.23. The number of nitrogens with one attached hydrogen (secondary N) is 3. The lowest BCUT2D eigenvalue weighted by Gasteiger charge is -2.17. The van der Waals surface area contributed by atoms with E-state index in [1.165, 1.54) is 11.0 Å². The second-order valence-electron chi connectivity index (χ2n) is 7.13. The second-order valence-corrected chi connectivity index (χ2v) is 7.13. The molecule has 1 saturated heterocycles. The molecule has 0 bridgehead atoms. The summed E-state index contributed by atoms with van der Waals surface area (Å²) < 4.78 is 24.8. The Balaban J connectivity index is 1.63. The van der Waals surface area contributed by atoms with Gasteiger partial charge in [0, 0.05) is 12.6 Å². The van der Waals surface area contributed by atoms with Gasteiger partial charge in [-0.3, -0.25) is 25.9 Å². The van der Waals surface area contributed by atoms with E-state index < -0.39 is 6.03 Å². The van der Waals surface area contributed by atoms with E-state index in [-0.39, 0.29) is 36.8 Å². The molecule has 9 heteroatoms. The monoisotopic (exact) mass is 396 g/mol. The molecule has 1 aliphatic heterocycles. The third kappa shape index (κ3) is 7.06. The predicted octanol–water partition coefficient (Wildman–Crippen LogP) is 1.93. The van der Waals surface area contributed by atoms with E-state index in [4.69, 9.17) is 9.47 Å². The first-order valence-electron chi connectivity index (χ1n) is 9.44. The van der Waals surface area contributed by atoms with Gasteiger partial charge in [0.05, 0.1) is 13.2 Å². The Morgan fingerprint density at radius 2 is 2.07 bits per heavy atom. The fourth-order valence-corrected chi connectivity index (χ4v) is 2.49. The molecule has 1 atom stereocenters. The zero-order valence-electron chi connectivity index (χ0n) is 16.6. The summed E-state index contributed by atoms with van der Waals surface area (Å²) in [5, 5.41) is 2.19. The van der Waals surface area contributed by atoms with Crippen LogP contribution in [-0.2, 0) is 9.53 Å². The average Bonchev–Trinajstić information content (AvgIpc) is 2.97. The highest BCUT2D eigenvalue weighted by molar-refractivity contribution is 6.01. The lowest BCUT2D eigenvalue weighted by atomic mass is 10.1. The summed E-state index contributed by atoms with van der Waals surface area (Å²) >= 11 is 0. The molecule has 1 fully saturated rings. The molecule has 3 N–H and O–H groups in total. The van der Waals surface area contributed by atoms with Gasteiger partial charge in [0.1, 0.15) is 13.3 Å². The molecule has 1 heterocycles. The number of rotatable bonds is 12. The number of carbonyl (C=O) groups is 2. The molecule has 2 rings (SSSR count). The molecule has 8 nitrogen and oxygen atoms in total. The molecule has 1 unspecified atom stereocenters. The molecule has 3 amide bonds. The normalized spacial score (nSPS) is 15.2. The third-order valence-electron chi connectivity index (χ3n) is 4.05. The number of nitrogens with zero attached hydrogens (tertiary/aromatic N) is 1. The number of carbonyl (C=O) groups excluding carboxylic acids is 2. The van der Waals surface area contributed by atoms with Crippen molar-refractivity contribution in [3.8, 4) is 5.75 Å². The Morgan fingerprint density at radius 3 is 2.75 bits per heavy atom. The van der Waals surface area contributed by atoms with Crippen molar-refractivity contribution in [2.45, 2.75) is 33.2 Å². The van der Waals surface area contributed by atoms with Crippen molar-refractivity contribution in [1.82, 2.24) is 21.1 Å². The molecule has 1 aromatic rings. The first-order valence-corrected chi connectivity index (χ1v) is 9.44. The van der Waals surface area contributed by atoms with Gasteiger partial charge >= 0.3 is 6.03 Å². The van der Waals surface area contributed by atoms with Gasteiger partial charge in [0.2, 0.25) is 5.91 Å². The number of urea groups is 1. The van der Waals surface area contributed by atoms with E-state index in [0.717, 1.165) is 12.0 Å². The summed E-state index contributed by atoms with van der Waals surface area (Å²) in [5.41, 5.74) is 7.16. The number of hydrogen-bond donors (Lipinski definition) is 3. The van der Waals surface area contributed by atoms with Gasteiger partial charge < -0.3 is 9.47 Å². The minimum absolute atomic E-state index is 0.0384. The minimum atomic E-state index is -0.422. The predicted molar refractivity (Wildman–Crippen MR) is 102 cm³/mol. The highest BCUT2D eigenvalue weighted by Crippen LogP contribution is 2.23. The fraction of sp³-hybridized carbons (Fsp3) is 0.579. The Labute approximate surface area is 164 Å². The van der Waals surface area contributed by atoms with Crippen molar-refractivity contribution in [1.29, 1.82) is 0 Å². The first-order chi connectivity index (χ1) is 13.4. The van der Waals surface area contributed by atoms with E-state index in [1.807, 2.05) is 20.8 Å². The SMILES string of the molecule is CC(C)COc1cc(C(C)NNCCCOCN2CC(=O)NC2=O)ccc1F. The van der Waals surface area contributed by atoms with E-state index in [0.29, 0.717) is 25.7 Å². The molecule has 1 aliphatic rings. The smallest absolute Gasteiger partial charge is 0.326 e. The molecule has 0 aromatic heterocycles. The third-order valence-corrected chi connectivity index (χ3v) is 4.05. The molecule has 156 valence electrons. The molecule has 1 aromatic carbocycles. The summed E-state index contributed by atoms with van der Waals surface area (Å²) in [6.07, 6.45) is 0.718. The van der Waals surface area contributed by atoms with Crippen molar-refractivity contribution >= 4 is 11.9 Å². The van der Waals surface area contributed by atoms with Gasteiger partial charge in [-0.1, -0.05) is 19.9 Å². The Morgan fingerprint density at radius 1 is 1.29 bits per heavy atom. The van der Waals surface area contributed by atoms with Crippen molar-refractivity contribution in [2.75, 3.05) is 33.0 Å².